The first-order chi connectivity index (χ1) is 13.0. The number of rotatable bonds is 2. The van der Waals surface area contributed by atoms with Crippen LogP contribution in [-0.4, -0.2) is 40.9 Å². The molecule has 1 atom stereocenters. The number of hydrogen-bond donors (Lipinski definition) is 1. The molecule has 0 unspecified atom stereocenters. The van der Waals surface area contributed by atoms with E-state index in [1.165, 1.54) is 6.42 Å². The Labute approximate surface area is 159 Å². The van der Waals surface area contributed by atoms with E-state index >= 15 is 0 Å². The molecule has 4 rings (SSSR count). The summed E-state index contributed by atoms with van der Waals surface area (Å²) in [5.74, 6) is -0.415. The summed E-state index contributed by atoms with van der Waals surface area (Å²) in [6.45, 7) is 1.81. The molecule has 1 aromatic carbocycles. The molecule has 1 saturated heterocycles. The Balaban J connectivity index is 1.51. The van der Waals surface area contributed by atoms with Crippen molar-refractivity contribution < 1.29 is 14.4 Å². The molecule has 2 heterocycles. The van der Waals surface area contributed by atoms with E-state index in [9.17, 15) is 14.4 Å². The molecule has 0 radical (unpaired) electrons. The lowest BCUT2D eigenvalue weighted by molar-refractivity contribution is -0.135. The fourth-order valence-corrected chi connectivity index (χ4v) is 4.82. The van der Waals surface area contributed by atoms with Gasteiger partial charge >= 0.3 is 6.03 Å². The lowest BCUT2D eigenvalue weighted by Gasteiger charge is -2.29. The molecular formula is C21H27N3O3. The van der Waals surface area contributed by atoms with E-state index in [2.05, 4.69) is 5.32 Å². The van der Waals surface area contributed by atoms with Crippen LogP contribution in [0.4, 0.5) is 10.5 Å². The van der Waals surface area contributed by atoms with Gasteiger partial charge in [-0.15, -0.1) is 0 Å². The van der Waals surface area contributed by atoms with Crippen LogP contribution in [0, 0.1) is 0 Å². The molecule has 1 saturated carbocycles. The monoisotopic (exact) mass is 369 g/mol. The predicted molar refractivity (Wildman–Crippen MR) is 102 cm³/mol. The SMILES string of the molecule is C[C@H]1Cc2ccccc2N1C(=O)CN1C(=O)NC2(CCCCCCC2)C1=O. The van der Waals surface area contributed by atoms with Gasteiger partial charge in [-0.2, -0.15) is 0 Å². The van der Waals surface area contributed by atoms with E-state index in [1.807, 2.05) is 31.2 Å². The number of fused-ring (bicyclic) bond motifs is 1. The number of carbonyl (C=O) groups is 3. The number of anilines is 1. The van der Waals surface area contributed by atoms with Gasteiger partial charge in [-0.05, 0) is 37.8 Å². The van der Waals surface area contributed by atoms with Crippen LogP contribution in [0.2, 0.25) is 0 Å². The van der Waals surface area contributed by atoms with Crippen molar-refractivity contribution in [3.8, 4) is 0 Å². The third kappa shape index (κ3) is 3.11. The Hall–Kier alpha value is -2.37. The number of carbonyl (C=O) groups excluding carboxylic acids is 3. The summed E-state index contributed by atoms with van der Waals surface area (Å²) in [5.41, 5.74) is 1.22. The van der Waals surface area contributed by atoms with Gasteiger partial charge in [-0.1, -0.05) is 50.3 Å². The van der Waals surface area contributed by atoms with E-state index in [4.69, 9.17) is 0 Å². The average molecular weight is 369 g/mol. The van der Waals surface area contributed by atoms with Crippen molar-refractivity contribution in [2.75, 3.05) is 11.4 Å². The molecule has 2 fully saturated rings. The Morgan fingerprint density at radius 3 is 2.52 bits per heavy atom. The van der Waals surface area contributed by atoms with Gasteiger partial charge in [0.2, 0.25) is 5.91 Å². The molecule has 1 aliphatic carbocycles. The van der Waals surface area contributed by atoms with Crippen LogP contribution in [0.5, 0.6) is 0 Å². The molecule has 1 N–H and O–H groups in total. The Bertz CT molecular complexity index is 768. The maximum Gasteiger partial charge on any atom is 0.325 e. The highest BCUT2D eigenvalue weighted by Gasteiger charge is 2.51. The highest BCUT2D eigenvalue weighted by Crippen LogP contribution is 2.34. The van der Waals surface area contributed by atoms with E-state index in [0.29, 0.717) is 12.8 Å². The summed E-state index contributed by atoms with van der Waals surface area (Å²) < 4.78 is 0. The Morgan fingerprint density at radius 1 is 1.11 bits per heavy atom. The van der Waals surface area contributed by atoms with Crippen LogP contribution in [0.25, 0.3) is 0 Å². The van der Waals surface area contributed by atoms with E-state index in [0.717, 1.165) is 48.3 Å². The molecule has 6 nitrogen and oxygen atoms in total. The minimum Gasteiger partial charge on any atom is -0.323 e. The zero-order valence-corrected chi connectivity index (χ0v) is 15.9. The molecule has 144 valence electrons. The van der Waals surface area contributed by atoms with Crippen molar-refractivity contribution in [3.05, 3.63) is 29.8 Å². The average Bonchev–Trinajstić information content (AvgIpc) is 3.07. The standard InChI is InChI=1S/C21H27N3O3/c1-15-13-16-9-5-6-10-17(16)24(15)18(25)14-23-19(26)21(22-20(23)27)11-7-3-2-4-8-12-21/h5-6,9-10,15H,2-4,7-8,11-14H2,1H3,(H,22,27)/t15-/m0/s1. The lowest BCUT2D eigenvalue weighted by atomic mass is 9.84. The molecule has 3 aliphatic rings. The number of amides is 4. The lowest BCUT2D eigenvalue weighted by Crippen LogP contribution is -2.48. The summed E-state index contributed by atoms with van der Waals surface area (Å²) in [5, 5.41) is 2.93. The van der Waals surface area contributed by atoms with Gasteiger partial charge in [0, 0.05) is 11.7 Å². The fraction of sp³-hybridized carbons (Fsp3) is 0.571. The second-order valence-electron chi connectivity index (χ2n) is 8.12. The first-order valence-electron chi connectivity index (χ1n) is 10.1. The Morgan fingerprint density at radius 2 is 1.78 bits per heavy atom. The largest absolute Gasteiger partial charge is 0.325 e. The van der Waals surface area contributed by atoms with Gasteiger partial charge in [-0.25, -0.2) is 4.79 Å². The number of hydrogen-bond acceptors (Lipinski definition) is 3. The molecule has 2 aliphatic heterocycles. The number of para-hydroxylation sites is 1. The molecule has 27 heavy (non-hydrogen) atoms. The topological polar surface area (TPSA) is 69.7 Å². The first-order valence-corrected chi connectivity index (χ1v) is 10.1. The maximum atomic E-state index is 13.1. The number of imide groups is 1. The van der Waals surface area contributed by atoms with Crippen LogP contribution < -0.4 is 10.2 Å². The third-order valence-corrected chi connectivity index (χ3v) is 6.22. The van der Waals surface area contributed by atoms with Crippen molar-refractivity contribution in [3.63, 3.8) is 0 Å². The summed E-state index contributed by atoms with van der Waals surface area (Å²) in [6.07, 6.45) is 7.38. The first kappa shape index (κ1) is 18.0. The minimum absolute atomic E-state index is 0.0334. The van der Waals surface area contributed by atoms with Crippen LogP contribution in [0.15, 0.2) is 24.3 Å². The highest BCUT2D eigenvalue weighted by atomic mass is 16.2. The fourth-order valence-electron chi connectivity index (χ4n) is 4.82. The van der Waals surface area contributed by atoms with Gasteiger partial charge in [0.05, 0.1) is 0 Å². The van der Waals surface area contributed by atoms with Crippen LogP contribution in [0.1, 0.15) is 57.4 Å². The van der Waals surface area contributed by atoms with Crippen molar-refractivity contribution in [2.45, 2.75) is 69.9 Å². The molecule has 6 heteroatoms. The number of urea groups is 1. The van der Waals surface area contributed by atoms with E-state index in [1.54, 1.807) is 4.90 Å². The molecule has 1 aromatic rings. The molecule has 0 bridgehead atoms. The van der Waals surface area contributed by atoms with Gasteiger partial charge in [0.25, 0.3) is 5.91 Å². The summed E-state index contributed by atoms with van der Waals surface area (Å²) in [4.78, 5) is 41.5. The molecule has 1 spiro atoms. The van der Waals surface area contributed by atoms with Crippen molar-refractivity contribution in [1.29, 1.82) is 0 Å². The zero-order chi connectivity index (χ0) is 19.0. The second kappa shape index (κ2) is 6.98. The van der Waals surface area contributed by atoms with Crippen LogP contribution in [0.3, 0.4) is 0 Å². The Kier molecular flexibility index (Phi) is 4.66. The smallest absolute Gasteiger partial charge is 0.323 e. The van der Waals surface area contributed by atoms with Crippen LogP contribution in [-0.2, 0) is 16.0 Å². The summed E-state index contributed by atoms with van der Waals surface area (Å²) >= 11 is 0. The van der Waals surface area contributed by atoms with Gasteiger partial charge in [0.1, 0.15) is 12.1 Å². The number of nitrogens with one attached hydrogen (secondary N) is 1. The summed E-state index contributed by atoms with van der Waals surface area (Å²) in [7, 11) is 0. The van der Waals surface area contributed by atoms with Crippen LogP contribution >= 0.6 is 0 Å². The van der Waals surface area contributed by atoms with Crippen molar-refractivity contribution in [1.82, 2.24) is 10.2 Å². The molecular weight excluding hydrogens is 342 g/mol. The van der Waals surface area contributed by atoms with Gasteiger partial charge in [-0.3, -0.25) is 14.5 Å². The van der Waals surface area contributed by atoms with E-state index in [-0.39, 0.29) is 24.4 Å². The molecule has 4 amide bonds. The van der Waals surface area contributed by atoms with Crippen molar-refractivity contribution in [2.24, 2.45) is 0 Å². The van der Waals surface area contributed by atoms with Gasteiger partial charge in [0.15, 0.2) is 0 Å². The normalized spacial score (nSPS) is 24.6. The molecule has 0 aromatic heterocycles. The minimum atomic E-state index is -0.799. The maximum absolute atomic E-state index is 13.1. The quantitative estimate of drug-likeness (QED) is 0.815. The number of nitrogens with zero attached hydrogens (tertiary/aromatic N) is 2. The van der Waals surface area contributed by atoms with E-state index < -0.39 is 11.6 Å². The predicted octanol–water partition coefficient (Wildman–Crippen LogP) is 3.00. The second-order valence-corrected chi connectivity index (χ2v) is 8.12. The zero-order valence-electron chi connectivity index (χ0n) is 15.9. The van der Waals surface area contributed by atoms with Gasteiger partial charge < -0.3 is 10.2 Å². The van der Waals surface area contributed by atoms with Crippen molar-refractivity contribution >= 4 is 23.5 Å². The summed E-state index contributed by atoms with van der Waals surface area (Å²) in [6, 6.07) is 7.44. The highest BCUT2D eigenvalue weighted by molar-refractivity contribution is 6.10. The third-order valence-electron chi connectivity index (χ3n) is 6.22. The number of benzene rings is 1.